The number of nitrogens with zero attached hydrogens (tertiary/aromatic N) is 1. The quantitative estimate of drug-likeness (QED) is 0.669. The first-order chi connectivity index (χ1) is 7.15. The molecule has 1 unspecified atom stereocenters. The van der Waals surface area contributed by atoms with Crippen LogP contribution in [0.3, 0.4) is 0 Å². The third-order valence-corrected chi connectivity index (χ3v) is 2.31. The summed E-state index contributed by atoms with van der Waals surface area (Å²) in [5.41, 5.74) is 6.64. The van der Waals surface area contributed by atoms with Gasteiger partial charge in [-0.25, -0.2) is 0 Å². The van der Waals surface area contributed by atoms with E-state index in [0.29, 0.717) is 6.42 Å². The highest BCUT2D eigenvalue weighted by atomic mass is 16.2. The molecule has 1 aromatic heterocycles. The van der Waals surface area contributed by atoms with E-state index in [9.17, 15) is 4.79 Å². The maximum Gasteiger partial charge on any atom is 0.237 e. The zero-order chi connectivity index (χ0) is 11.3. The molecular weight excluding hydrogens is 192 g/mol. The number of carbonyl (C=O) groups is 1. The molecule has 0 radical (unpaired) electrons. The van der Waals surface area contributed by atoms with E-state index < -0.39 is 6.04 Å². The predicted octanol–water partition coefficient (Wildman–Crippen LogP) is 0.714. The summed E-state index contributed by atoms with van der Waals surface area (Å²) in [5, 5.41) is 9.37. The van der Waals surface area contributed by atoms with E-state index in [1.165, 1.54) is 0 Å². The molecule has 0 spiro atoms. The fourth-order valence-electron chi connectivity index (χ4n) is 1.34. The number of hydrogen-bond donors (Lipinski definition) is 3. The van der Waals surface area contributed by atoms with Crippen LogP contribution in [0.5, 0.6) is 0 Å². The molecule has 5 heteroatoms. The molecule has 1 heterocycles. The van der Waals surface area contributed by atoms with E-state index in [0.717, 1.165) is 12.0 Å². The Morgan fingerprint density at radius 2 is 2.47 bits per heavy atom. The third-order valence-electron chi connectivity index (χ3n) is 2.31. The molecule has 2 atom stereocenters. The van der Waals surface area contributed by atoms with Crippen molar-refractivity contribution in [2.75, 3.05) is 0 Å². The van der Waals surface area contributed by atoms with Gasteiger partial charge >= 0.3 is 0 Å². The summed E-state index contributed by atoms with van der Waals surface area (Å²) in [7, 11) is 0. The minimum absolute atomic E-state index is 0.0563. The van der Waals surface area contributed by atoms with Crippen molar-refractivity contribution in [3.8, 4) is 0 Å². The fraction of sp³-hybridized carbons (Fsp3) is 0.600. The van der Waals surface area contributed by atoms with E-state index in [1.807, 2.05) is 13.8 Å². The Labute approximate surface area is 89.4 Å². The van der Waals surface area contributed by atoms with Crippen molar-refractivity contribution < 1.29 is 4.79 Å². The molecule has 15 heavy (non-hydrogen) atoms. The first-order valence-corrected chi connectivity index (χ1v) is 5.19. The molecular formula is C10H18N4O. The smallest absolute Gasteiger partial charge is 0.237 e. The van der Waals surface area contributed by atoms with Gasteiger partial charge in [-0.05, 0) is 13.3 Å². The number of rotatable bonds is 5. The SMILES string of the molecule is CCC[C@@H](N)C(=O)NC(C)c1cn[nH]c1. The molecule has 0 saturated carbocycles. The number of aromatic nitrogens is 2. The molecule has 0 aliphatic heterocycles. The van der Waals surface area contributed by atoms with Gasteiger partial charge in [0, 0.05) is 11.8 Å². The van der Waals surface area contributed by atoms with Gasteiger partial charge in [-0.1, -0.05) is 13.3 Å². The summed E-state index contributed by atoms with van der Waals surface area (Å²) in [4.78, 5) is 11.6. The molecule has 0 fully saturated rings. The number of hydrogen-bond acceptors (Lipinski definition) is 3. The van der Waals surface area contributed by atoms with Gasteiger partial charge in [-0.3, -0.25) is 9.89 Å². The zero-order valence-electron chi connectivity index (χ0n) is 9.16. The summed E-state index contributed by atoms with van der Waals surface area (Å²) in [6.45, 7) is 3.91. The highest BCUT2D eigenvalue weighted by Crippen LogP contribution is 2.09. The van der Waals surface area contributed by atoms with E-state index >= 15 is 0 Å². The molecule has 0 aromatic carbocycles. The molecule has 1 amide bonds. The number of carbonyl (C=O) groups excluding carboxylic acids is 1. The van der Waals surface area contributed by atoms with Crippen LogP contribution in [-0.4, -0.2) is 22.1 Å². The number of amides is 1. The number of aromatic amines is 1. The van der Waals surface area contributed by atoms with Crippen molar-refractivity contribution in [2.45, 2.75) is 38.8 Å². The summed E-state index contributed by atoms with van der Waals surface area (Å²) >= 11 is 0. The summed E-state index contributed by atoms with van der Waals surface area (Å²) in [6.07, 6.45) is 5.07. The number of nitrogens with two attached hydrogens (primary N) is 1. The van der Waals surface area contributed by atoms with Crippen molar-refractivity contribution in [1.29, 1.82) is 0 Å². The first kappa shape index (κ1) is 11.7. The van der Waals surface area contributed by atoms with Crippen molar-refractivity contribution in [2.24, 2.45) is 5.73 Å². The van der Waals surface area contributed by atoms with Crippen LogP contribution < -0.4 is 11.1 Å². The van der Waals surface area contributed by atoms with Crippen molar-refractivity contribution in [3.63, 3.8) is 0 Å². The Kier molecular flexibility index (Phi) is 4.30. The van der Waals surface area contributed by atoms with E-state index in [2.05, 4.69) is 15.5 Å². The van der Waals surface area contributed by atoms with Gasteiger partial charge < -0.3 is 11.1 Å². The van der Waals surface area contributed by atoms with Crippen molar-refractivity contribution in [3.05, 3.63) is 18.0 Å². The lowest BCUT2D eigenvalue weighted by Gasteiger charge is -2.15. The lowest BCUT2D eigenvalue weighted by molar-refractivity contribution is -0.123. The first-order valence-electron chi connectivity index (χ1n) is 5.19. The second kappa shape index (κ2) is 5.50. The highest BCUT2D eigenvalue weighted by Gasteiger charge is 2.15. The lowest BCUT2D eigenvalue weighted by Crippen LogP contribution is -2.41. The molecule has 4 N–H and O–H groups in total. The number of nitrogens with one attached hydrogen (secondary N) is 2. The minimum Gasteiger partial charge on any atom is -0.348 e. The lowest BCUT2D eigenvalue weighted by atomic mass is 10.1. The molecule has 5 nitrogen and oxygen atoms in total. The highest BCUT2D eigenvalue weighted by molar-refractivity contribution is 5.81. The van der Waals surface area contributed by atoms with Gasteiger partial charge in [0.25, 0.3) is 0 Å². The molecule has 84 valence electrons. The van der Waals surface area contributed by atoms with Crippen LogP contribution in [0.15, 0.2) is 12.4 Å². The Hall–Kier alpha value is -1.36. The molecule has 1 aromatic rings. The maximum atomic E-state index is 11.6. The predicted molar refractivity (Wildman–Crippen MR) is 58.0 cm³/mol. The number of H-pyrrole nitrogens is 1. The van der Waals surface area contributed by atoms with Gasteiger partial charge in [0.15, 0.2) is 0 Å². The monoisotopic (exact) mass is 210 g/mol. The van der Waals surface area contributed by atoms with Gasteiger partial charge in [-0.15, -0.1) is 0 Å². The second-order valence-electron chi connectivity index (χ2n) is 3.66. The van der Waals surface area contributed by atoms with Crippen LogP contribution in [-0.2, 0) is 4.79 Å². The second-order valence-corrected chi connectivity index (χ2v) is 3.66. The van der Waals surface area contributed by atoms with Gasteiger partial charge in [0.05, 0.1) is 18.3 Å². The maximum absolute atomic E-state index is 11.6. The normalized spacial score (nSPS) is 14.6. The van der Waals surface area contributed by atoms with Gasteiger partial charge in [-0.2, -0.15) is 5.10 Å². The van der Waals surface area contributed by atoms with E-state index in [1.54, 1.807) is 12.4 Å². The van der Waals surface area contributed by atoms with Crippen LogP contribution in [0.25, 0.3) is 0 Å². The van der Waals surface area contributed by atoms with Crippen molar-refractivity contribution >= 4 is 5.91 Å². The third kappa shape index (κ3) is 3.36. The molecule has 0 saturated heterocycles. The van der Waals surface area contributed by atoms with Crippen LogP contribution >= 0.6 is 0 Å². The molecule has 0 aliphatic carbocycles. The van der Waals surface area contributed by atoms with Crippen LogP contribution in [0.4, 0.5) is 0 Å². The summed E-state index contributed by atoms with van der Waals surface area (Å²) in [5.74, 6) is -0.106. The fourth-order valence-corrected chi connectivity index (χ4v) is 1.34. The average Bonchev–Trinajstić information content (AvgIpc) is 2.70. The van der Waals surface area contributed by atoms with Crippen LogP contribution in [0.2, 0.25) is 0 Å². The zero-order valence-corrected chi connectivity index (χ0v) is 9.16. The van der Waals surface area contributed by atoms with E-state index in [-0.39, 0.29) is 11.9 Å². The summed E-state index contributed by atoms with van der Waals surface area (Å²) < 4.78 is 0. The van der Waals surface area contributed by atoms with Crippen LogP contribution in [0, 0.1) is 0 Å². The van der Waals surface area contributed by atoms with Gasteiger partial charge in [0.1, 0.15) is 0 Å². The molecule has 0 bridgehead atoms. The molecule has 1 rings (SSSR count). The Balaban J connectivity index is 2.44. The minimum atomic E-state index is -0.413. The van der Waals surface area contributed by atoms with Gasteiger partial charge in [0.2, 0.25) is 5.91 Å². The standard InChI is InChI=1S/C10H18N4O/c1-3-4-9(11)10(15)14-7(2)8-5-12-13-6-8/h5-7,9H,3-4,11H2,1-2H3,(H,12,13)(H,14,15)/t7?,9-/m1/s1. The Morgan fingerprint density at radius 1 is 1.73 bits per heavy atom. The van der Waals surface area contributed by atoms with Crippen molar-refractivity contribution in [1.82, 2.24) is 15.5 Å². The van der Waals surface area contributed by atoms with E-state index in [4.69, 9.17) is 5.73 Å². The largest absolute Gasteiger partial charge is 0.348 e. The van der Waals surface area contributed by atoms with Crippen LogP contribution in [0.1, 0.15) is 38.3 Å². The average molecular weight is 210 g/mol. The Bertz CT molecular complexity index is 296. The molecule has 0 aliphatic rings. The summed E-state index contributed by atoms with van der Waals surface area (Å²) in [6, 6.07) is -0.469. The Morgan fingerprint density at radius 3 is 3.00 bits per heavy atom. The topological polar surface area (TPSA) is 83.8 Å².